The Morgan fingerprint density at radius 1 is 1.23 bits per heavy atom. The highest BCUT2D eigenvalue weighted by atomic mass is 16.2. The van der Waals surface area contributed by atoms with Crippen molar-refractivity contribution in [3.05, 3.63) is 36.0 Å². The van der Waals surface area contributed by atoms with E-state index in [2.05, 4.69) is 15.4 Å². The summed E-state index contributed by atoms with van der Waals surface area (Å²) in [6, 6.07) is 8.84. The van der Waals surface area contributed by atoms with Gasteiger partial charge in [0.15, 0.2) is 5.69 Å². The van der Waals surface area contributed by atoms with Gasteiger partial charge < -0.3 is 10.6 Å². The van der Waals surface area contributed by atoms with Gasteiger partial charge in [-0.3, -0.25) is 9.59 Å². The van der Waals surface area contributed by atoms with Crippen molar-refractivity contribution in [3.63, 3.8) is 0 Å². The van der Waals surface area contributed by atoms with E-state index >= 15 is 0 Å². The summed E-state index contributed by atoms with van der Waals surface area (Å²) in [7, 11) is 0. The zero-order valence-electron chi connectivity index (χ0n) is 11.8. The number of aromatic nitrogens is 3. The molecule has 112 valence electrons. The van der Waals surface area contributed by atoms with Gasteiger partial charge in [0.2, 0.25) is 5.91 Å². The molecule has 7 heteroatoms. The minimum atomic E-state index is -0.516. The van der Waals surface area contributed by atoms with Crippen LogP contribution >= 0.6 is 0 Å². The lowest BCUT2D eigenvalue weighted by molar-refractivity contribution is -0.122. The number of amides is 2. The molecular weight excluding hydrogens is 282 g/mol. The standard InChI is InChI=1S/C15H15N5O2/c16-14(21)13-10-6-9(10)7-20(13)15(22)12-11(17-19-18-12)8-4-2-1-3-5-8/h1-5,9-10,13H,6-7H2,(H2,16,21)(H,17,18,19)/t9-,10-,13+/m1/s1. The number of hydrogen-bond acceptors (Lipinski definition) is 4. The predicted octanol–water partition coefficient (Wildman–Crippen LogP) is 0.418. The summed E-state index contributed by atoms with van der Waals surface area (Å²) in [6.07, 6.45) is 0.974. The zero-order valence-corrected chi connectivity index (χ0v) is 11.8. The van der Waals surface area contributed by atoms with Crippen molar-refractivity contribution >= 4 is 11.8 Å². The molecule has 1 aliphatic carbocycles. The SMILES string of the molecule is NC(=O)[C@@H]1[C@@H]2C[C@@H]2CN1C(=O)c1n[nH]nc1-c1ccccc1. The number of nitrogens with two attached hydrogens (primary N) is 1. The largest absolute Gasteiger partial charge is 0.368 e. The highest BCUT2D eigenvalue weighted by Crippen LogP contribution is 2.49. The monoisotopic (exact) mass is 297 g/mol. The number of H-pyrrole nitrogens is 1. The fraction of sp³-hybridized carbons (Fsp3) is 0.333. The molecule has 1 saturated heterocycles. The van der Waals surface area contributed by atoms with Gasteiger partial charge in [-0.05, 0) is 18.3 Å². The van der Waals surface area contributed by atoms with E-state index in [1.54, 1.807) is 4.90 Å². The third kappa shape index (κ3) is 1.89. The average Bonchev–Trinajstić information content (AvgIpc) is 2.99. The van der Waals surface area contributed by atoms with Crippen LogP contribution in [-0.4, -0.2) is 44.7 Å². The maximum Gasteiger partial charge on any atom is 0.277 e. The number of carbonyl (C=O) groups is 2. The lowest BCUT2D eigenvalue weighted by atomic mass is 10.1. The minimum absolute atomic E-state index is 0.216. The summed E-state index contributed by atoms with van der Waals surface area (Å²) in [4.78, 5) is 26.0. The average molecular weight is 297 g/mol. The van der Waals surface area contributed by atoms with Crippen molar-refractivity contribution < 1.29 is 9.59 Å². The number of benzene rings is 1. The Labute approximate surface area is 126 Å². The van der Waals surface area contributed by atoms with Crippen molar-refractivity contribution in [3.8, 4) is 11.3 Å². The van der Waals surface area contributed by atoms with Crippen LogP contribution in [0.25, 0.3) is 11.3 Å². The second-order valence-corrected chi connectivity index (χ2v) is 5.85. The predicted molar refractivity (Wildman–Crippen MR) is 77.4 cm³/mol. The quantitative estimate of drug-likeness (QED) is 0.856. The van der Waals surface area contributed by atoms with E-state index in [0.29, 0.717) is 18.2 Å². The first-order chi connectivity index (χ1) is 10.7. The summed E-state index contributed by atoms with van der Waals surface area (Å²) < 4.78 is 0. The molecule has 7 nitrogen and oxygen atoms in total. The summed E-state index contributed by atoms with van der Waals surface area (Å²) in [5.74, 6) is -0.117. The number of fused-ring (bicyclic) bond motifs is 1. The Morgan fingerprint density at radius 3 is 2.73 bits per heavy atom. The van der Waals surface area contributed by atoms with E-state index < -0.39 is 11.9 Å². The molecule has 22 heavy (non-hydrogen) atoms. The third-order valence-corrected chi connectivity index (χ3v) is 4.50. The van der Waals surface area contributed by atoms with Crippen molar-refractivity contribution in [1.82, 2.24) is 20.3 Å². The molecule has 1 aromatic carbocycles. The van der Waals surface area contributed by atoms with Crippen LogP contribution in [0.5, 0.6) is 0 Å². The van der Waals surface area contributed by atoms with E-state index in [0.717, 1.165) is 12.0 Å². The molecule has 3 atom stereocenters. The third-order valence-electron chi connectivity index (χ3n) is 4.50. The molecule has 1 saturated carbocycles. The second kappa shape index (κ2) is 4.66. The Balaban J connectivity index is 1.67. The van der Waals surface area contributed by atoms with E-state index in [1.165, 1.54) is 0 Å². The van der Waals surface area contributed by atoms with Gasteiger partial charge in [0.1, 0.15) is 11.7 Å². The number of rotatable bonds is 3. The molecule has 0 bridgehead atoms. The second-order valence-electron chi connectivity index (χ2n) is 5.85. The first kappa shape index (κ1) is 13.0. The Morgan fingerprint density at radius 2 is 2.00 bits per heavy atom. The van der Waals surface area contributed by atoms with Gasteiger partial charge in [0.25, 0.3) is 5.91 Å². The summed E-state index contributed by atoms with van der Waals surface area (Å²) in [5.41, 5.74) is 7.00. The van der Waals surface area contributed by atoms with E-state index in [4.69, 9.17) is 5.73 Å². The molecular formula is C15H15N5O2. The highest BCUT2D eigenvalue weighted by Gasteiger charge is 2.56. The van der Waals surface area contributed by atoms with E-state index in [-0.39, 0.29) is 17.5 Å². The lowest BCUT2D eigenvalue weighted by Crippen LogP contribution is -2.46. The van der Waals surface area contributed by atoms with Gasteiger partial charge in [-0.25, -0.2) is 0 Å². The zero-order chi connectivity index (χ0) is 15.3. The molecule has 2 fully saturated rings. The van der Waals surface area contributed by atoms with Gasteiger partial charge in [0.05, 0.1) is 0 Å². The van der Waals surface area contributed by atoms with Crippen LogP contribution in [0.2, 0.25) is 0 Å². The van der Waals surface area contributed by atoms with Gasteiger partial charge in [0, 0.05) is 12.1 Å². The molecule has 2 aliphatic rings. The molecule has 2 aromatic rings. The number of nitrogens with one attached hydrogen (secondary N) is 1. The van der Waals surface area contributed by atoms with Crippen molar-refractivity contribution in [2.45, 2.75) is 12.5 Å². The fourth-order valence-corrected chi connectivity index (χ4v) is 3.35. The van der Waals surface area contributed by atoms with Crippen LogP contribution in [0.1, 0.15) is 16.9 Å². The number of aromatic amines is 1. The van der Waals surface area contributed by atoms with Gasteiger partial charge >= 0.3 is 0 Å². The Kier molecular flexibility index (Phi) is 2.75. The number of piperidine rings is 1. The van der Waals surface area contributed by atoms with Crippen molar-refractivity contribution in [2.75, 3.05) is 6.54 Å². The summed E-state index contributed by atoms with van der Waals surface area (Å²) in [5, 5.41) is 10.6. The maximum absolute atomic E-state index is 12.8. The fourth-order valence-electron chi connectivity index (χ4n) is 3.35. The first-order valence-corrected chi connectivity index (χ1v) is 7.23. The maximum atomic E-state index is 12.8. The van der Waals surface area contributed by atoms with Gasteiger partial charge in [-0.15, -0.1) is 0 Å². The van der Waals surface area contributed by atoms with Crippen LogP contribution in [0.3, 0.4) is 0 Å². The molecule has 1 aromatic heterocycles. The smallest absolute Gasteiger partial charge is 0.277 e. The van der Waals surface area contributed by atoms with Crippen LogP contribution in [-0.2, 0) is 4.79 Å². The van der Waals surface area contributed by atoms with Crippen LogP contribution in [0.15, 0.2) is 30.3 Å². The topological polar surface area (TPSA) is 105 Å². The van der Waals surface area contributed by atoms with Crippen LogP contribution in [0, 0.1) is 11.8 Å². The number of carbonyl (C=O) groups excluding carboxylic acids is 2. The molecule has 1 aliphatic heterocycles. The molecule has 3 N–H and O–H groups in total. The first-order valence-electron chi connectivity index (χ1n) is 7.23. The van der Waals surface area contributed by atoms with Gasteiger partial charge in [-0.1, -0.05) is 30.3 Å². The number of primary amides is 1. The molecule has 2 amide bonds. The molecule has 0 unspecified atom stereocenters. The minimum Gasteiger partial charge on any atom is -0.368 e. The number of nitrogens with zero attached hydrogens (tertiary/aromatic N) is 3. The summed E-state index contributed by atoms with van der Waals surface area (Å²) >= 11 is 0. The Hall–Kier alpha value is -2.70. The normalized spacial score (nSPS) is 25.8. The molecule has 0 radical (unpaired) electrons. The number of likely N-dealkylation sites (tertiary alicyclic amines) is 1. The van der Waals surface area contributed by atoms with Crippen LogP contribution < -0.4 is 5.73 Å². The number of hydrogen-bond donors (Lipinski definition) is 2. The van der Waals surface area contributed by atoms with Crippen molar-refractivity contribution in [1.29, 1.82) is 0 Å². The lowest BCUT2D eigenvalue weighted by Gasteiger charge is -2.24. The van der Waals surface area contributed by atoms with E-state index in [9.17, 15) is 9.59 Å². The van der Waals surface area contributed by atoms with Crippen molar-refractivity contribution in [2.24, 2.45) is 17.6 Å². The van der Waals surface area contributed by atoms with Crippen LogP contribution in [0.4, 0.5) is 0 Å². The Bertz CT molecular complexity index is 741. The molecule has 2 heterocycles. The van der Waals surface area contributed by atoms with E-state index in [1.807, 2.05) is 30.3 Å². The van der Waals surface area contributed by atoms with Gasteiger partial charge in [-0.2, -0.15) is 15.4 Å². The highest BCUT2D eigenvalue weighted by molar-refractivity contribution is 6.00. The molecule has 0 spiro atoms. The molecule has 4 rings (SSSR count). The summed E-state index contributed by atoms with van der Waals surface area (Å²) in [6.45, 7) is 0.568.